The van der Waals surface area contributed by atoms with Crippen molar-refractivity contribution in [3.63, 3.8) is 0 Å². The second kappa shape index (κ2) is 4.23. The van der Waals surface area contributed by atoms with Crippen LogP contribution in [-0.4, -0.2) is 29.8 Å². The van der Waals surface area contributed by atoms with Crippen LogP contribution in [-0.2, 0) is 0 Å². The molecule has 4 rings (SSSR count). The van der Waals surface area contributed by atoms with Crippen molar-refractivity contribution < 1.29 is 4.52 Å². The van der Waals surface area contributed by atoms with Gasteiger partial charge in [-0.3, -0.25) is 0 Å². The minimum absolute atomic E-state index is 0.307. The SMILES string of the molecule is C1CC2CNC(c3nc(N4CCCC4)no3)C2C1. The summed E-state index contributed by atoms with van der Waals surface area (Å²) in [4.78, 5) is 6.85. The maximum absolute atomic E-state index is 5.50. The molecule has 98 valence electrons. The molecule has 5 heteroatoms. The van der Waals surface area contributed by atoms with Crippen molar-refractivity contribution in [1.29, 1.82) is 0 Å². The van der Waals surface area contributed by atoms with Gasteiger partial charge < -0.3 is 14.7 Å². The van der Waals surface area contributed by atoms with Crippen LogP contribution >= 0.6 is 0 Å². The molecule has 0 aromatic carbocycles. The Bertz CT molecular complexity index is 426. The summed E-state index contributed by atoms with van der Waals surface area (Å²) < 4.78 is 5.50. The van der Waals surface area contributed by atoms with Crippen molar-refractivity contribution in [1.82, 2.24) is 15.5 Å². The Labute approximate surface area is 107 Å². The summed E-state index contributed by atoms with van der Waals surface area (Å²) in [5.74, 6) is 3.16. The zero-order chi connectivity index (χ0) is 11.9. The van der Waals surface area contributed by atoms with Crippen LogP contribution in [0, 0.1) is 11.8 Å². The molecule has 2 aliphatic heterocycles. The first-order chi connectivity index (χ1) is 8.92. The van der Waals surface area contributed by atoms with Crippen LogP contribution in [0.2, 0.25) is 0 Å². The van der Waals surface area contributed by atoms with E-state index in [1.54, 1.807) is 0 Å². The van der Waals surface area contributed by atoms with Crippen LogP contribution in [0.4, 0.5) is 5.95 Å². The van der Waals surface area contributed by atoms with Crippen molar-refractivity contribution in [3.05, 3.63) is 5.89 Å². The van der Waals surface area contributed by atoms with Crippen molar-refractivity contribution in [2.24, 2.45) is 11.8 Å². The molecular weight excluding hydrogens is 228 g/mol. The normalized spacial score (nSPS) is 35.3. The number of anilines is 1. The highest BCUT2D eigenvalue weighted by atomic mass is 16.5. The summed E-state index contributed by atoms with van der Waals surface area (Å²) in [5, 5.41) is 7.72. The number of hydrogen-bond donors (Lipinski definition) is 1. The average Bonchev–Trinajstić information content (AvgIpc) is 3.13. The summed E-state index contributed by atoms with van der Waals surface area (Å²) in [6, 6.07) is 0.307. The first-order valence-corrected chi connectivity index (χ1v) is 7.24. The molecule has 3 atom stereocenters. The first-order valence-electron chi connectivity index (χ1n) is 7.24. The van der Waals surface area contributed by atoms with Gasteiger partial charge >= 0.3 is 0 Å². The number of aromatic nitrogens is 2. The fourth-order valence-electron chi connectivity index (χ4n) is 3.86. The van der Waals surface area contributed by atoms with E-state index in [0.717, 1.165) is 43.3 Å². The van der Waals surface area contributed by atoms with Gasteiger partial charge in [0, 0.05) is 13.1 Å². The molecule has 1 aliphatic carbocycles. The first kappa shape index (κ1) is 10.8. The molecule has 1 aromatic rings. The number of fused-ring (bicyclic) bond motifs is 1. The fourth-order valence-corrected chi connectivity index (χ4v) is 3.86. The van der Waals surface area contributed by atoms with Gasteiger partial charge in [-0.2, -0.15) is 4.98 Å². The maximum atomic E-state index is 5.50. The molecular formula is C13H20N4O. The van der Waals surface area contributed by atoms with Crippen molar-refractivity contribution in [2.45, 2.75) is 38.1 Å². The van der Waals surface area contributed by atoms with Crippen molar-refractivity contribution >= 4 is 5.95 Å². The molecule has 0 bridgehead atoms. The third kappa shape index (κ3) is 1.64. The van der Waals surface area contributed by atoms with Crippen LogP contribution in [0.1, 0.15) is 44.0 Å². The van der Waals surface area contributed by atoms with Crippen LogP contribution < -0.4 is 10.2 Å². The molecule has 1 aromatic heterocycles. The largest absolute Gasteiger partial charge is 0.338 e. The third-order valence-electron chi connectivity index (χ3n) is 4.83. The Morgan fingerprint density at radius 2 is 2.06 bits per heavy atom. The highest BCUT2D eigenvalue weighted by molar-refractivity contribution is 5.29. The second-order valence-corrected chi connectivity index (χ2v) is 5.87. The van der Waals surface area contributed by atoms with E-state index in [9.17, 15) is 0 Å². The summed E-state index contributed by atoms with van der Waals surface area (Å²) in [5.41, 5.74) is 0. The molecule has 0 amide bonds. The van der Waals surface area contributed by atoms with E-state index in [0.29, 0.717) is 6.04 Å². The van der Waals surface area contributed by atoms with E-state index in [1.165, 1.54) is 32.1 Å². The zero-order valence-corrected chi connectivity index (χ0v) is 10.6. The molecule has 1 N–H and O–H groups in total. The molecule has 3 heterocycles. The van der Waals surface area contributed by atoms with Gasteiger partial charge in [-0.1, -0.05) is 6.42 Å². The quantitative estimate of drug-likeness (QED) is 0.864. The Balaban J connectivity index is 1.54. The minimum atomic E-state index is 0.307. The molecule has 18 heavy (non-hydrogen) atoms. The standard InChI is InChI=1S/C13H20N4O/c1-2-7-17(6-1)13-15-12(18-16-13)11-10-5-3-4-9(10)8-14-11/h9-11,14H,1-8H2. The summed E-state index contributed by atoms with van der Waals surface area (Å²) in [6.45, 7) is 3.27. The molecule has 2 saturated heterocycles. The monoisotopic (exact) mass is 248 g/mol. The predicted octanol–water partition coefficient (Wildman–Crippen LogP) is 1.73. The predicted molar refractivity (Wildman–Crippen MR) is 67.3 cm³/mol. The number of hydrogen-bond acceptors (Lipinski definition) is 5. The number of nitrogens with one attached hydrogen (secondary N) is 1. The van der Waals surface area contributed by atoms with E-state index in [1.807, 2.05) is 0 Å². The lowest BCUT2D eigenvalue weighted by molar-refractivity contribution is 0.302. The van der Waals surface area contributed by atoms with Crippen molar-refractivity contribution in [2.75, 3.05) is 24.5 Å². The summed E-state index contributed by atoms with van der Waals surface area (Å²) in [7, 11) is 0. The van der Waals surface area contributed by atoms with E-state index < -0.39 is 0 Å². The minimum Gasteiger partial charge on any atom is -0.338 e. The van der Waals surface area contributed by atoms with E-state index in [2.05, 4.69) is 20.4 Å². The van der Waals surface area contributed by atoms with Gasteiger partial charge in [0.2, 0.25) is 5.89 Å². The molecule has 0 spiro atoms. The van der Waals surface area contributed by atoms with Crippen LogP contribution in [0.5, 0.6) is 0 Å². The smallest absolute Gasteiger partial charge is 0.266 e. The highest BCUT2D eigenvalue weighted by Gasteiger charge is 2.42. The van der Waals surface area contributed by atoms with Gasteiger partial charge in [0.15, 0.2) is 0 Å². The Morgan fingerprint density at radius 1 is 1.17 bits per heavy atom. The Morgan fingerprint density at radius 3 is 2.94 bits per heavy atom. The maximum Gasteiger partial charge on any atom is 0.266 e. The molecule has 5 nitrogen and oxygen atoms in total. The molecule has 3 fully saturated rings. The topological polar surface area (TPSA) is 54.2 Å². The summed E-state index contributed by atoms with van der Waals surface area (Å²) in [6.07, 6.45) is 6.53. The van der Waals surface area contributed by atoms with Crippen LogP contribution in [0.3, 0.4) is 0 Å². The second-order valence-electron chi connectivity index (χ2n) is 5.87. The highest BCUT2D eigenvalue weighted by Crippen LogP contribution is 2.44. The van der Waals surface area contributed by atoms with Crippen molar-refractivity contribution in [3.8, 4) is 0 Å². The lowest BCUT2D eigenvalue weighted by atomic mass is 9.94. The van der Waals surface area contributed by atoms with E-state index in [-0.39, 0.29) is 0 Å². The van der Waals surface area contributed by atoms with E-state index in [4.69, 9.17) is 4.52 Å². The molecule has 3 unspecified atom stereocenters. The molecule has 0 radical (unpaired) electrons. The lowest BCUT2D eigenvalue weighted by Crippen LogP contribution is -2.20. The molecule has 3 aliphatic rings. The van der Waals surface area contributed by atoms with Crippen LogP contribution in [0.15, 0.2) is 4.52 Å². The molecule has 1 saturated carbocycles. The van der Waals surface area contributed by atoms with Gasteiger partial charge in [-0.05, 0) is 49.2 Å². The van der Waals surface area contributed by atoms with Gasteiger partial charge in [0.05, 0.1) is 6.04 Å². The third-order valence-corrected chi connectivity index (χ3v) is 4.83. The van der Waals surface area contributed by atoms with Gasteiger partial charge in [0.1, 0.15) is 0 Å². The average molecular weight is 248 g/mol. The Hall–Kier alpha value is -1.10. The van der Waals surface area contributed by atoms with Gasteiger partial charge in [-0.15, -0.1) is 0 Å². The lowest BCUT2D eigenvalue weighted by Gasteiger charge is -2.13. The van der Waals surface area contributed by atoms with E-state index >= 15 is 0 Å². The number of nitrogens with zero attached hydrogens (tertiary/aromatic N) is 3. The number of rotatable bonds is 2. The summed E-state index contributed by atoms with van der Waals surface area (Å²) >= 11 is 0. The van der Waals surface area contributed by atoms with Gasteiger partial charge in [-0.25, -0.2) is 0 Å². The van der Waals surface area contributed by atoms with Crippen LogP contribution in [0.25, 0.3) is 0 Å². The Kier molecular flexibility index (Phi) is 2.53. The van der Waals surface area contributed by atoms with Gasteiger partial charge in [0.25, 0.3) is 5.95 Å². The zero-order valence-electron chi connectivity index (χ0n) is 10.6. The fraction of sp³-hybridized carbons (Fsp3) is 0.846.